The minimum Gasteiger partial charge on any atom is -0.314 e. The summed E-state index contributed by atoms with van der Waals surface area (Å²) in [6.07, 6.45) is 8.22. The smallest absolute Gasteiger partial charge is 0.0108 e. The van der Waals surface area contributed by atoms with Gasteiger partial charge in [0, 0.05) is 12.6 Å². The number of unbranched alkanes of at least 4 members (excludes halogenated alkanes) is 2. The van der Waals surface area contributed by atoms with Crippen LogP contribution in [0.25, 0.3) is 0 Å². The van der Waals surface area contributed by atoms with Crippen molar-refractivity contribution in [2.24, 2.45) is 17.3 Å². The molecule has 0 aromatic rings. The van der Waals surface area contributed by atoms with E-state index >= 15 is 0 Å². The van der Waals surface area contributed by atoms with E-state index in [0.717, 1.165) is 24.4 Å². The van der Waals surface area contributed by atoms with E-state index < -0.39 is 0 Å². The molecule has 126 valence electrons. The molecule has 0 heterocycles. The molecule has 1 aliphatic rings. The van der Waals surface area contributed by atoms with Gasteiger partial charge in [-0.1, -0.05) is 47.5 Å². The van der Waals surface area contributed by atoms with Crippen molar-refractivity contribution >= 4 is 0 Å². The first-order valence-corrected chi connectivity index (χ1v) is 9.30. The topological polar surface area (TPSA) is 15.3 Å². The van der Waals surface area contributed by atoms with Gasteiger partial charge in [0.05, 0.1) is 0 Å². The molecule has 0 aromatic carbocycles. The maximum atomic E-state index is 3.75. The van der Waals surface area contributed by atoms with Gasteiger partial charge < -0.3 is 10.2 Å². The molecule has 21 heavy (non-hydrogen) atoms. The van der Waals surface area contributed by atoms with Crippen LogP contribution in [-0.2, 0) is 0 Å². The Kier molecular flexibility index (Phi) is 8.26. The monoisotopic (exact) mass is 296 g/mol. The molecule has 2 heteroatoms. The lowest BCUT2D eigenvalue weighted by molar-refractivity contribution is 0.0936. The Morgan fingerprint density at radius 2 is 1.81 bits per heavy atom. The van der Waals surface area contributed by atoms with Crippen LogP contribution in [0.1, 0.15) is 73.1 Å². The molecule has 0 amide bonds. The van der Waals surface area contributed by atoms with Crippen molar-refractivity contribution in [1.82, 2.24) is 10.2 Å². The third kappa shape index (κ3) is 6.69. The predicted octanol–water partition coefficient (Wildman–Crippen LogP) is 4.55. The standard InChI is InChI=1S/C19H40N2/c1-7-9-10-13-21(6)15-16-14-17(19(3,4)5)11-12-18(16)20-8-2/h16-18,20H,7-15H2,1-6H3. The molecule has 1 saturated carbocycles. The molecule has 0 spiro atoms. The second-order valence-corrected chi connectivity index (χ2v) is 8.27. The van der Waals surface area contributed by atoms with Crippen LogP contribution in [0.5, 0.6) is 0 Å². The fraction of sp³-hybridized carbons (Fsp3) is 1.00. The van der Waals surface area contributed by atoms with Crippen molar-refractivity contribution in [2.45, 2.75) is 79.2 Å². The lowest BCUT2D eigenvalue weighted by Crippen LogP contribution is -2.47. The molecule has 0 saturated heterocycles. The average Bonchev–Trinajstić information content (AvgIpc) is 2.40. The molecular weight excluding hydrogens is 256 g/mol. The van der Waals surface area contributed by atoms with Gasteiger partial charge in [-0.15, -0.1) is 0 Å². The zero-order chi connectivity index (χ0) is 15.9. The SMILES string of the molecule is CCCCCN(C)CC1CC(C(C)(C)C)CCC1NCC. The van der Waals surface area contributed by atoms with Crippen molar-refractivity contribution in [1.29, 1.82) is 0 Å². The van der Waals surface area contributed by atoms with E-state index in [1.807, 2.05) is 0 Å². The first-order chi connectivity index (χ1) is 9.88. The van der Waals surface area contributed by atoms with Crippen LogP contribution in [0.4, 0.5) is 0 Å². The van der Waals surface area contributed by atoms with Crippen molar-refractivity contribution in [2.75, 3.05) is 26.7 Å². The van der Waals surface area contributed by atoms with Gasteiger partial charge in [-0.2, -0.15) is 0 Å². The van der Waals surface area contributed by atoms with E-state index in [1.165, 1.54) is 51.6 Å². The zero-order valence-electron chi connectivity index (χ0n) is 15.5. The molecule has 2 nitrogen and oxygen atoms in total. The highest BCUT2D eigenvalue weighted by Gasteiger charge is 2.35. The largest absolute Gasteiger partial charge is 0.314 e. The Morgan fingerprint density at radius 3 is 2.38 bits per heavy atom. The number of rotatable bonds is 8. The first-order valence-electron chi connectivity index (χ1n) is 9.30. The molecule has 0 aliphatic heterocycles. The van der Waals surface area contributed by atoms with Gasteiger partial charge >= 0.3 is 0 Å². The molecular formula is C19H40N2. The summed E-state index contributed by atoms with van der Waals surface area (Å²) >= 11 is 0. The van der Waals surface area contributed by atoms with Crippen molar-refractivity contribution in [3.63, 3.8) is 0 Å². The molecule has 1 rings (SSSR count). The Morgan fingerprint density at radius 1 is 1.10 bits per heavy atom. The summed E-state index contributed by atoms with van der Waals surface area (Å²) in [7, 11) is 2.32. The summed E-state index contributed by atoms with van der Waals surface area (Å²) in [4.78, 5) is 2.58. The predicted molar refractivity (Wildman–Crippen MR) is 94.8 cm³/mol. The van der Waals surface area contributed by atoms with Crippen LogP contribution in [0, 0.1) is 17.3 Å². The van der Waals surface area contributed by atoms with E-state index in [0.29, 0.717) is 5.41 Å². The minimum absolute atomic E-state index is 0.468. The molecule has 0 bridgehead atoms. The number of nitrogens with zero attached hydrogens (tertiary/aromatic N) is 1. The summed E-state index contributed by atoms with van der Waals surface area (Å²) < 4.78 is 0. The van der Waals surface area contributed by atoms with Crippen molar-refractivity contribution < 1.29 is 0 Å². The van der Waals surface area contributed by atoms with Crippen LogP contribution < -0.4 is 5.32 Å². The summed E-state index contributed by atoms with van der Waals surface area (Å²) in [6.45, 7) is 15.5. The van der Waals surface area contributed by atoms with E-state index in [-0.39, 0.29) is 0 Å². The van der Waals surface area contributed by atoms with Crippen LogP contribution in [0.3, 0.4) is 0 Å². The zero-order valence-corrected chi connectivity index (χ0v) is 15.5. The lowest BCUT2D eigenvalue weighted by atomic mass is 9.67. The highest BCUT2D eigenvalue weighted by atomic mass is 15.1. The van der Waals surface area contributed by atoms with E-state index in [2.05, 4.69) is 51.9 Å². The summed E-state index contributed by atoms with van der Waals surface area (Å²) in [5.41, 5.74) is 0.468. The van der Waals surface area contributed by atoms with Crippen LogP contribution in [-0.4, -0.2) is 37.6 Å². The normalized spacial score (nSPS) is 27.3. The quantitative estimate of drug-likeness (QED) is 0.661. The van der Waals surface area contributed by atoms with Gasteiger partial charge in [0.2, 0.25) is 0 Å². The summed E-state index contributed by atoms with van der Waals surface area (Å²) in [5, 5.41) is 3.75. The highest BCUT2D eigenvalue weighted by molar-refractivity contribution is 4.90. The van der Waals surface area contributed by atoms with Gasteiger partial charge in [0.1, 0.15) is 0 Å². The van der Waals surface area contributed by atoms with E-state index in [4.69, 9.17) is 0 Å². The van der Waals surface area contributed by atoms with Gasteiger partial charge in [0.25, 0.3) is 0 Å². The van der Waals surface area contributed by atoms with Gasteiger partial charge in [-0.05, 0) is 63.1 Å². The molecule has 1 N–H and O–H groups in total. The van der Waals surface area contributed by atoms with E-state index in [1.54, 1.807) is 0 Å². The van der Waals surface area contributed by atoms with Crippen LogP contribution in [0.15, 0.2) is 0 Å². The second kappa shape index (κ2) is 9.15. The minimum atomic E-state index is 0.468. The number of hydrogen-bond donors (Lipinski definition) is 1. The Bertz CT molecular complexity index is 269. The third-order valence-electron chi connectivity index (χ3n) is 5.36. The maximum absolute atomic E-state index is 3.75. The average molecular weight is 297 g/mol. The summed E-state index contributed by atoms with van der Waals surface area (Å²) in [5.74, 6) is 1.72. The van der Waals surface area contributed by atoms with Gasteiger partial charge in [-0.3, -0.25) is 0 Å². The first kappa shape index (κ1) is 19.0. The number of hydrogen-bond acceptors (Lipinski definition) is 2. The molecule has 3 atom stereocenters. The highest BCUT2D eigenvalue weighted by Crippen LogP contribution is 2.40. The second-order valence-electron chi connectivity index (χ2n) is 8.27. The molecule has 1 aliphatic carbocycles. The van der Waals surface area contributed by atoms with Gasteiger partial charge in [-0.25, -0.2) is 0 Å². The lowest BCUT2D eigenvalue weighted by Gasteiger charge is -2.43. The Balaban J connectivity index is 2.54. The van der Waals surface area contributed by atoms with Crippen molar-refractivity contribution in [3.8, 4) is 0 Å². The van der Waals surface area contributed by atoms with E-state index in [9.17, 15) is 0 Å². The molecule has 0 radical (unpaired) electrons. The van der Waals surface area contributed by atoms with Crippen LogP contribution in [0.2, 0.25) is 0 Å². The Labute approximate surface area is 134 Å². The Hall–Kier alpha value is -0.0800. The van der Waals surface area contributed by atoms with Crippen LogP contribution >= 0.6 is 0 Å². The molecule has 3 unspecified atom stereocenters. The maximum Gasteiger partial charge on any atom is 0.0108 e. The molecule has 0 aromatic heterocycles. The fourth-order valence-electron chi connectivity index (χ4n) is 3.91. The molecule has 1 fully saturated rings. The van der Waals surface area contributed by atoms with Gasteiger partial charge in [0.15, 0.2) is 0 Å². The third-order valence-corrected chi connectivity index (χ3v) is 5.36. The van der Waals surface area contributed by atoms with Crippen molar-refractivity contribution in [3.05, 3.63) is 0 Å². The summed E-state index contributed by atoms with van der Waals surface area (Å²) in [6, 6.07) is 0.738. The number of nitrogens with one attached hydrogen (secondary N) is 1. The fourth-order valence-corrected chi connectivity index (χ4v) is 3.91.